The minimum absolute atomic E-state index is 0.0234. The molecular formula is C14H24N2O3. The van der Waals surface area contributed by atoms with E-state index in [0.717, 1.165) is 38.8 Å². The molecule has 2 N–H and O–H groups in total. The lowest BCUT2D eigenvalue weighted by Crippen LogP contribution is -2.43. The molecule has 5 nitrogen and oxygen atoms in total. The molecule has 2 unspecified atom stereocenters. The van der Waals surface area contributed by atoms with Gasteiger partial charge in [-0.15, -0.1) is 0 Å². The van der Waals surface area contributed by atoms with Gasteiger partial charge in [-0.05, 0) is 50.6 Å². The molecule has 19 heavy (non-hydrogen) atoms. The molecule has 0 spiro atoms. The Bertz CT molecular complexity index is 340. The number of carboxylic acids is 1. The van der Waals surface area contributed by atoms with Gasteiger partial charge >= 0.3 is 5.97 Å². The fraction of sp³-hybridized carbons (Fsp3) is 0.857. The Morgan fingerprint density at radius 3 is 2.58 bits per heavy atom. The summed E-state index contributed by atoms with van der Waals surface area (Å²) in [6.45, 7) is 4.59. The number of hydrogen-bond donors (Lipinski definition) is 2. The van der Waals surface area contributed by atoms with Crippen LogP contribution in [0.1, 0.15) is 39.0 Å². The highest BCUT2D eigenvalue weighted by atomic mass is 16.4. The smallest absolute Gasteiger partial charge is 0.326 e. The number of nitrogens with one attached hydrogen (secondary N) is 1. The summed E-state index contributed by atoms with van der Waals surface area (Å²) < 4.78 is 0. The zero-order valence-electron chi connectivity index (χ0n) is 11.6. The first kappa shape index (κ1) is 14.3. The lowest BCUT2D eigenvalue weighted by Gasteiger charge is -2.26. The van der Waals surface area contributed by atoms with Crippen LogP contribution in [0.2, 0.25) is 0 Å². The quantitative estimate of drug-likeness (QED) is 0.800. The van der Waals surface area contributed by atoms with E-state index in [1.54, 1.807) is 4.90 Å². The van der Waals surface area contributed by atoms with Gasteiger partial charge in [-0.25, -0.2) is 4.79 Å². The van der Waals surface area contributed by atoms with Gasteiger partial charge in [-0.1, -0.05) is 6.92 Å². The Kier molecular flexibility index (Phi) is 4.80. The summed E-state index contributed by atoms with van der Waals surface area (Å²) in [6.07, 6.45) is 4.47. The molecule has 2 aliphatic heterocycles. The number of amides is 1. The maximum Gasteiger partial charge on any atom is 0.326 e. The van der Waals surface area contributed by atoms with Crippen molar-refractivity contribution < 1.29 is 14.7 Å². The second-order valence-corrected chi connectivity index (χ2v) is 5.87. The van der Waals surface area contributed by atoms with Crippen LogP contribution in [0, 0.1) is 11.8 Å². The Balaban J connectivity index is 1.83. The van der Waals surface area contributed by atoms with Crippen LogP contribution in [0.3, 0.4) is 0 Å². The topological polar surface area (TPSA) is 69.6 Å². The first-order chi connectivity index (χ1) is 9.09. The number of likely N-dealkylation sites (tertiary alicyclic amines) is 1. The van der Waals surface area contributed by atoms with E-state index < -0.39 is 12.0 Å². The van der Waals surface area contributed by atoms with Crippen LogP contribution in [0.25, 0.3) is 0 Å². The normalized spacial score (nSPS) is 28.6. The number of hydrogen-bond acceptors (Lipinski definition) is 3. The molecule has 2 saturated heterocycles. The van der Waals surface area contributed by atoms with Crippen LogP contribution < -0.4 is 5.32 Å². The standard InChI is InChI=1S/C14H24N2O3/c1-10-6-9-16(13(10)14(18)19)12(17)3-2-11-4-7-15-8-5-11/h10-11,13,15H,2-9H2,1H3,(H,18,19). The van der Waals surface area contributed by atoms with Gasteiger partial charge in [0, 0.05) is 13.0 Å². The molecule has 0 aromatic rings. The zero-order chi connectivity index (χ0) is 13.8. The summed E-state index contributed by atoms with van der Waals surface area (Å²) in [6, 6.07) is -0.611. The molecule has 0 aromatic carbocycles. The molecule has 2 fully saturated rings. The maximum absolute atomic E-state index is 12.2. The van der Waals surface area contributed by atoms with E-state index in [4.69, 9.17) is 0 Å². The minimum atomic E-state index is -0.861. The van der Waals surface area contributed by atoms with Gasteiger partial charge in [-0.3, -0.25) is 4.79 Å². The van der Waals surface area contributed by atoms with Gasteiger partial charge in [0.2, 0.25) is 5.91 Å². The molecule has 0 radical (unpaired) electrons. The summed E-state index contributed by atoms with van der Waals surface area (Å²) in [5, 5.41) is 12.5. The summed E-state index contributed by atoms with van der Waals surface area (Å²) in [5.74, 6) is -0.149. The van der Waals surface area contributed by atoms with Gasteiger partial charge < -0.3 is 15.3 Å². The molecule has 2 atom stereocenters. The first-order valence-corrected chi connectivity index (χ1v) is 7.32. The van der Waals surface area contributed by atoms with E-state index >= 15 is 0 Å². The Labute approximate surface area is 114 Å². The van der Waals surface area contributed by atoms with Crippen LogP contribution >= 0.6 is 0 Å². The number of nitrogens with zero attached hydrogens (tertiary/aromatic N) is 1. The monoisotopic (exact) mass is 268 g/mol. The van der Waals surface area contributed by atoms with E-state index in [9.17, 15) is 14.7 Å². The highest BCUT2D eigenvalue weighted by Gasteiger charge is 2.39. The fourth-order valence-corrected chi connectivity index (χ4v) is 3.24. The van der Waals surface area contributed by atoms with Crippen molar-refractivity contribution in [2.75, 3.05) is 19.6 Å². The third kappa shape index (κ3) is 3.47. The van der Waals surface area contributed by atoms with Crippen molar-refractivity contribution in [1.82, 2.24) is 10.2 Å². The van der Waals surface area contributed by atoms with Gasteiger partial charge in [0.15, 0.2) is 0 Å². The van der Waals surface area contributed by atoms with Gasteiger partial charge in [-0.2, -0.15) is 0 Å². The Morgan fingerprint density at radius 1 is 1.26 bits per heavy atom. The number of carbonyl (C=O) groups excluding carboxylic acids is 1. The second kappa shape index (κ2) is 6.37. The lowest BCUT2D eigenvalue weighted by molar-refractivity contribution is -0.149. The van der Waals surface area contributed by atoms with E-state index in [1.165, 1.54) is 0 Å². The molecule has 0 bridgehead atoms. The van der Waals surface area contributed by atoms with Crippen LogP contribution in [0.15, 0.2) is 0 Å². The largest absolute Gasteiger partial charge is 0.480 e. The number of aliphatic carboxylic acids is 1. The van der Waals surface area contributed by atoms with Crippen LogP contribution in [-0.4, -0.2) is 47.6 Å². The molecule has 2 aliphatic rings. The van der Waals surface area contributed by atoms with E-state index in [1.807, 2.05) is 6.92 Å². The molecule has 0 aliphatic carbocycles. The number of piperidine rings is 1. The van der Waals surface area contributed by atoms with Crippen LogP contribution in [-0.2, 0) is 9.59 Å². The zero-order valence-corrected chi connectivity index (χ0v) is 11.6. The molecule has 2 rings (SSSR count). The minimum Gasteiger partial charge on any atom is -0.480 e. The number of carbonyl (C=O) groups is 2. The van der Waals surface area contributed by atoms with Crippen molar-refractivity contribution in [3.63, 3.8) is 0 Å². The van der Waals surface area contributed by atoms with E-state index in [0.29, 0.717) is 18.9 Å². The van der Waals surface area contributed by atoms with E-state index in [2.05, 4.69) is 5.32 Å². The van der Waals surface area contributed by atoms with E-state index in [-0.39, 0.29) is 11.8 Å². The van der Waals surface area contributed by atoms with Crippen molar-refractivity contribution >= 4 is 11.9 Å². The Hall–Kier alpha value is -1.10. The lowest BCUT2D eigenvalue weighted by atomic mass is 9.93. The number of rotatable bonds is 4. The van der Waals surface area contributed by atoms with Crippen molar-refractivity contribution in [3.05, 3.63) is 0 Å². The molecule has 0 aromatic heterocycles. The molecule has 5 heteroatoms. The van der Waals surface area contributed by atoms with Crippen molar-refractivity contribution in [2.45, 2.75) is 45.1 Å². The average molecular weight is 268 g/mol. The third-order valence-electron chi connectivity index (χ3n) is 4.50. The van der Waals surface area contributed by atoms with Crippen molar-refractivity contribution in [3.8, 4) is 0 Å². The molecule has 2 heterocycles. The third-order valence-corrected chi connectivity index (χ3v) is 4.50. The predicted octanol–water partition coefficient (Wildman–Crippen LogP) is 1.09. The highest BCUT2D eigenvalue weighted by Crippen LogP contribution is 2.26. The average Bonchev–Trinajstić information content (AvgIpc) is 2.79. The van der Waals surface area contributed by atoms with Gasteiger partial charge in [0.05, 0.1) is 0 Å². The van der Waals surface area contributed by atoms with Crippen molar-refractivity contribution in [1.29, 1.82) is 0 Å². The van der Waals surface area contributed by atoms with Crippen LogP contribution in [0.5, 0.6) is 0 Å². The SMILES string of the molecule is CC1CCN(C(=O)CCC2CCNCC2)C1C(=O)O. The second-order valence-electron chi connectivity index (χ2n) is 5.87. The summed E-state index contributed by atoms with van der Waals surface area (Å²) in [4.78, 5) is 25.0. The maximum atomic E-state index is 12.2. The Morgan fingerprint density at radius 2 is 1.95 bits per heavy atom. The summed E-state index contributed by atoms with van der Waals surface area (Å²) in [7, 11) is 0. The van der Waals surface area contributed by atoms with Crippen LogP contribution in [0.4, 0.5) is 0 Å². The molecule has 0 saturated carbocycles. The first-order valence-electron chi connectivity index (χ1n) is 7.32. The number of carboxylic acid groups (broad SMARTS) is 1. The molecule has 108 valence electrons. The summed E-state index contributed by atoms with van der Waals surface area (Å²) in [5.41, 5.74) is 0. The molecular weight excluding hydrogens is 244 g/mol. The fourth-order valence-electron chi connectivity index (χ4n) is 3.24. The van der Waals surface area contributed by atoms with Crippen molar-refractivity contribution in [2.24, 2.45) is 11.8 Å². The summed E-state index contributed by atoms with van der Waals surface area (Å²) >= 11 is 0. The highest BCUT2D eigenvalue weighted by molar-refractivity contribution is 5.84. The molecule has 1 amide bonds. The predicted molar refractivity (Wildman–Crippen MR) is 71.7 cm³/mol. The van der Waals surface area contributed by atoms with Gasteiger partial charge in [0.1, 0.15) is 6.04 Å². The van der Waals surface area contributed by atoms with Gasteiger partial charge in [0.25, 0.3) is 0 Å².